The molecule has 0 aliphatic carbocycles. The van der Waals surface area contributed by atoms with Gasteiger partial charge in [-0.05, 0) is 54.8 Å². The molecule has 1 aliphatic rings. The molecule has 0 aromatic heterocycles. The van der Waals surface area contributed by atoms with E-state index in [2.05, 4.69) is 5.32 Å². The molecule has 0 saturated heterocycles. The Morgan fingerprint density at radius 1 is 1.12 bits per heavy atom. The monoisotopic (exact) mass is 352 g/mol. The SMILES string of the molecule is COc1ccc(C(=O)Nc2ccc3c(c2)N(C(=O)C(C)C)CCC3)cc1. The molecule has 0 spiro atoms. The number of amides is 2. The maximum absolute atomic E-state index is 12.5. The van der Waals surface area contributed by atoms with Crippen LogP contribution in [-0.4, -0.2) is 25.5 Å². The lowest BCUT2D eigenvalue weighted by Gasteiger charge is -2.31. The second-order valence-corrected chi connectivity index (χ2v) is 6.77. The molecule has 0 bridgehead atoms. The average molecular weight is 352 g/mol. The summed E-state index contributed by atoms with van der Waals surface area (Å²) in [5, 5.41) is 2.92. The molecule has 0 radical (unpaired) electrons. The molecule has 3 rings (SSSR count). The number of hydrogen-bond acceptors (Lipinski definition) is 3. The zero-order chi connectivity index (χ0) is 18.7. The number of nitrogens with one attached hydrogen (secondary N) is 1. The molecule has 0 fully saturated rings. The van der Waals surface area contributed by atoms with Crippen molar-refractivity contribution < 1.29 is 14.3 Å². The van der Waals surface area contributed by atoms with Gasteiger partial charge >= 0.3 is 0 Å². The molecule has 1 heterocycles. The summed E-state index contributed by atoms with van der Waals surface area (Å²) >= 11 is 0. The highest BCUT2D eigenvalue weighted by Crippen LogP contribution is 2.31. The fourth-order valence-corrected chi connectivity index (χ4v) is 3.14. The molecule has 2 aromatic rings. The van der Waals surface area contributed by atoms with Crippen LogP contribution in [0.2, 0.25) is 0 Å². The molecule has 0 saturated carbocycles. The highest BCUT2D eigenvalue weighted by molar-refractivity contribution is 6.05. The standard InChI is InChI=1S/C21H24N2O3/c1-14(2)21(25)23-12-4-5-15-6-9-17(13-19(15)23)22-20(24)16-7-10-18(26-3)11-8-16/h6-11,13-14H,4-5,12H2,1-3H3,(H,22,24). The van der Waals surface area contributed by atoms with Crippen LogP contribution in [0.3, 0.4) is 0 Å². The third kappa shape index (κ3) is 3.72. The van der Waals surface area contributed by atoms with Gasteiger partial charge in [0.25, 0.3) is 5.91 Å². The number of anilines is 2. The van der Waals surface area contributed by atoms with Crippen LogP contribution in [0.4, 0.5) is 11.4 Å². The fraction of sp³-hybridized carbons (Fsp3) is 0.333. The fourth-order valence-electron chi connectivity index (χ4n) is 3.14. The molecule has 5 nitrogen and oxygen atoms in total. The lowest BCUT2D eigenvalue weighted by molar-refractivity contribution is -0.121. The Kier molecular flexibility index (Phi) is 5.26. The molecule has 26 heavy (non-hydrogen) atoms. The Morgan fingerprint density at radius 2 is 1.85 bits per heavy atom. The first-order valence-corrected chi connectivity index (χ1v) is 8.89. The minimum Gasteiger partial charge on any atom is -0.497 e. The Labute approximate surface area is 154 Å². The smallest absolute Gasteiger partial charge is 0.255 e. The van der Waals surface area contributed by atoms with Gasteiger partial charge in [0, 0.05) is 29.4 Å². The normalized spacial score (nSPS) is 13.3. The predicted molar refractivity (Wildman–Crippen MR) is 103 cm³/mol. The summed E-state index contributed by atoms with van der Waals surface area (Å²) in [5.74, 6) is 0.575. The average Bonchev–Trinajstić information content (AvgIpc) is 2.66. The van der Waals surface area contributed by atoms with Gasteiger partial charge in [-0.25, -0.2) is 0 Å². The highest BCUT2D eigenvalue weighted by atomic mass is 16.5. The Morgan fingerprint density at radius 3 is 2.50 bits per heavy atom. The predicted octanol–water partition coefficient (Wildman–Crippen LogP) is 3.88. The molecule has 2 amide bonds. The van der Waals surface area contributed by atoms with Gasteiger partial charge in [0.1, 0.15) is 5.75 Å². The first-order chi connectivity index (χ1) is 12.5. The zero-order valence-corrected chi connectivity index (χ0v) is 15.4. The minimum atomic E-state index is -0.190. The van der Waals surface area contributed by atoms with Gasteiger partial charge < -0.3 is 15.0 Å². The van der Waals surface area contributed by atoms with Crippen molar-refractivity contribution in [3.05, 3.63) is 53.6 Å². The largest absolute Gasteiger partial charge is 0.497 e. The number of carbonyl (C=O) groups is 2. The Hall–Kier alpha value is -2.82. The van der Waals surface area contributed by atoms with Crippen molar-refractivity contribution in [3.8, 4) is 5.75 Å². The van der Waals surface area contributed by atoms with Crippen LogP contribution < -0.4 is 15.0 Å². The Balaban J connectivity index is 1.82. The first kappa shape index (κ1) is 18.0. The third-order valence-corrected chi connectivity index (χ3v) is 4.57. The molecular formula is C21H24N2O3. The number of methoxy groups -OCH3 is 1. The van der Waals surface area contributed by atoms with E-state index in [9.17, 15) is 9.59 Å². The quantitative estimate of drug-likeness (QED) is 0.908. The maximum Gasteiger partial charge on any atom is 0.255 e. The summed E-state index contributed by atoms with van der Waals surface area (Å²) in [5.41, 5.74) is 3.29. The number of rotatable bonds is 4. The van der Waals surface area contributed by atoms with E-state index in [1.54, 1.807) is 31.4 Å². The van der Waals surface area contributed by atoms with Crippen LogP contribution in [0.5, 0.6) is 5.75 Å². The van der Waals surface area contributed by atoms with Gasteiger partial charge in [-0.2, -0.15) is 0 Å². The molecule has 136 valence electrons. The lowest BCUT2D eigenvalue weighted by Crippen LogP contribution is -2.38. The van der Waals surface area contributed by atoms with Gasteiger partial charge in [0.2, 0.25) is 5.91 Å². The van der Waals surface area contributed by atoms with E-state index >= 15 is 0 Å². The number of fused-ring (bicyclic) bond motifs is 1. The minimum absolute atomic E-state index is 0.0569. The second kappa shape index (κ2) is 7.60. The topological polar surface area (TPSA) is 58.6 Å². The maximum atomic E-state index is 12.5. The van der Waals surface area contributed by atoms with E-state index < -0.39 is 0 Å². The summed E-state index contributed by atoms with van der Waals surface area (Å²) in [6.07, 6.45) is 1.91. The first-order valence-electron chi connectivity index (χ1n) is 8.89. The molecule has 1 aliphatic heterocycles. The molecule has 0 unspecified atom stereocenters. The van der Waals surface area contributed by atoms with Gasteiger partial charge in [0.15, 0.2) is 0 Å². The van der Waals surface area contributed by atoms with Gasteiger partial charge in [-0.1, -0.05) is 19.9 Å². The van der Waals surface area contributed by atoms with Crippen molar-refractivity contribution in [3.63, 3.8) is 0 Å². The van der Waals surface area contributed by atoms with Crippen molar-refractivity contribution in [2.45, 2.75) is 26.7 Å². The molecule has 1 N–H and O–H groups in total. The van der Waals surface area contributed by atoms with Crippen LogP contribution >= 0.6 is 0 Å². The summed E-state index contributed by atoms with van der Waals surface area (Å²) < 4.78 is 5.11. The van der Waals surface area contributed by atoms with Crippen molar-refractivity contribution in [2.24, 2.45) is 5.92 Å². The van der Waals surface area contributed by atoms with E-state index in [1.165, 1.54) is 0 Å². The van der Waals surface area contributed by atoms with Crippen LogP contribution in [0.1, 0.15) is 36.2 Å². The zero-order valence-electron chi connectivity index (χ0n) is 15.4. The summed E-state index contributed by atoms with van der Waals surface area (Å²) in [7, 11) is 1.59. The molecule has 5 heteroatoms. The third-order valence-electron chi connectivity index (χ3n) is 4.57. The van der Waals surface area contributed by atoms with Crippen molar-refractivity contribution in [2.75, 3.05) is 23.9 Å². The number of carbonyl (C=O) groups excluding carboxylic acids is 2. The van der Waals surface area contributed by atoms with Crippen LogP contribution in [-0.2, 0) is 11.2 Å². The number of nitrogens with zero attached hydrogens (tertiary/aromatic N) is 1. The van der Waals surface area contributed by atoms with Crippen LogP contribution in [0.15, 0.2) is 42.5 Å². The lowest BCUT2D eigenvalue weighted by atomic mass is 9.99. The number of ether oxygens (including phenoxy) is 1. The number of hydrogen-bond donors (Lipinski definition) is 1. The van der Waals surface area contributed by atoms with Crippen LogP contribution in [0.25, 0.3) is 0 Å². The summed E-state index contributed by atoms with van der Waals surface area (Å²) in [6.45, 7) is 4.54. The highest BCUT2D eigenvalue weighted by Gasteiger charge is 2.24. The van der Waals surface area contributed by atoms with Gasteiger partial charge in [0.05, 0.1) is 7.11 Å². The van der Waals surface area contributed by atoms with E-state index in [-0.39, 0.29) is 17.7 Å². The van der Waals surface area contributed by atoms with Crippen molar-refractivity contribution >= 4 is 23.2 Å². The molecule has 2 aromatic carbocycles. The number of aryl methyl sites for hydroxylation is 1. The number of benzene rings is 2. The Bertz CT molecular complexity index is 813. The molecular weight excluding hydrogens is 328 g/mol. The van der Waals surface area contributed by atoms with Crippen LogP contribution in [0, 0.1) is 5.92 Å². The second-order valence-electron chi connectivity index (χ2n) is 6.77. The van der Waals surface area contributed by atoms with E-state index in [0.29, 0.717) is 17.0 Å². The van der Waals surface area contributed by atoms with E-state index in [0.717, 1.165) is 30.6 Å². The van der Waals surface area contributed by atoms with Gasteiger partial charge in [-0.3, -0.25) is 9.59 Å². The van der Waals surface area contributed by atoms with Crippen molar-refractivity contribution in [1.82, 2.24) is 0 Å². The molecule has 0 atom stereocenters. The van der Waals surface area contributed by atoms with E-state index in [4.69, 9.17) is 4.74 Å². The van der Waals surface area contributed by atoms with Gasteiger partial charge in [-0.15, -0.1) is 0 Å². The van der Waals surface area contributed by atoms with Crippen molar-refractivity contribution in [1.29, 1.82) is 0 Å². The van der Waals surface area contributed by atoms with E-state index in [1.807, 2.05) is 36.9 Å². The summed E-state index contributed by atoms with van der Waals surface area (Å²) in [4.78, 5) is 26.8. The summed E-state index contributed by atoms with van der Waals surface area (Å²) in [6, 6.07) is 12.7.